The van der Waals surface area contributed by atoms with Crippen LogP contribution >= 0.6 is 0 Å². The molecular weight excluding hydrogens is 410 g/mol. The van der Waals surface area contributed by atoms with E-state index in [2.05, 4.69) is 44.2 Å². The molecule has 0 fully saturated rings. The highest BCUT2D eigenvalue weighted by atomic mass is 15.1. The van der Waals surface area contributed by atoms with Gasteiger partial charge < -0.3 is 10.7 Å². The summed E-state index contributed by atoms with van der Waals surface area (Å²) < 4.78 is 0. The maximum absolute atomic E-state index is 5.91. The van der Waals surface area contributed by atoms with Crippen LogP contribution in [0.25, 0.3) is 39.3 Å². The molecule has 0 amide bonds. The van der Waals surface area contributed by atoms with Gasteiger partial charge in [0, 0.05) is 41.6 Å². The van der Waals surface area contributed by atoms with Gasteiger partial charge in [-0.2, -0.15) is 5.10 Å². The number of fused-ring (bicyclic) bond motifs is 1. The Bertz CT molecular complexity index is 1490. The number of aromatic nitrogens is 6. The molecule has 5 aromatic rings. The molecule has 0 saturated heterocycles. The van der Waals surface area contributed by atoms with Gasteiger partial charge >= 0.3 is 0 Å². The fraction of sp³-hybridized carbons (Fsp3) is 0.0769. The lowest BCUT2D eigenvalue weighted by Crippen LogP contribution is -1.90. The van der Waals surface area contributed by atoms with E-state index in [4.69, 9.17) is 10.7 Å². The van der Waals surface area contributed by atoms with E-state index in [0.29, 0.717) is 5.69 Å². The minimum atomic E-state index is 0.600. The first-order chi connectivity index (χ1) is 16.1. The van der Waals surface area contributed by atoms with Crippen LogP contribution in [0.1, 0.15) is 23.7 Å². The lowest BCUT2D eigenvalue weighted by molar-refractivity contribution is 1.11. The number of nitrogens with one attached hydrogen (secondary N) is 2. The Morgan fingerprint density at radius 3 is 2.67 bits per heavy atom. The average Bonchev–Trinajstić information content (AvgIpc) is 3.43. The summed E-state index contributed by atoms with van der Waals surface area (Å²) >= 11 is 0. The molecule has 0 spiro atoms. The first-order valence-electron chi connectivity index (χ1n) is 10.6. The molecule has 0 unspecified atom stereocenters. The van der Waals surface area contributed by atoms with Gasteiger partial charge in [-0.25, -0.2) is 4.98 Å². The second-order valence-electron chi connectivity index (χ2n) is 7.74. The molecule has 0 aliphatic rings. The summed E-state index contributed by atoms with van der Waals surface area (Å²) in [5.74, 6) is 0. The maximum atomic E-state index is 5.91. The summed E-state index contributed by atoms with van der Waals surface area (Å²) in [5.41, 5.74) is 15.8. The summed E-state index contributed by atoms with van der Waals surface area (Å²) in [6.45, 7) is 4.07. The minimum absolute atomic E-state index is 0.600. The van der Waals surface area contributed by atoms with Gasteiger partial charge in [0.1, 0.15) is 11.2 Å². The zero-order valence-corrected chi connectivity index (χ0v) is 18.4. The van der Waals surface area contributed by atoms with E-state index in [1.807, 2.05) is 49.4 Å². The largest absolute Gasteiger partial charge is 0.397 e. The topological polar surface area (TPSA) is 109 Å². The molecule has 0 aromatic carbocycles. The van der Waals surface area contributed by atoms with Crippen LogP contribution in [0, 0.1) is 6.92 Å². The number of nitrogens with zero attached hydrogens (tertiary/aromatic N) is 4. The van der Waals surface area contributed by atoms with E-state index < -0.39 is 0 Å². The minimum Gasteiger partial charge on any atom is -0.397 e. The number of H-pyrrole nitrogens is 2. The van der Waals surface area contributed by atoms with Crippen LogP contribution in [-0.4, -0.2) is 30.1 Å². The Morgan fingerprint density at radius 1 is 1.03 bits per heavy atom. The standard InChI is InChI=1S/C26H23N7/c1-3-4-5-20(17-8-10-28-11-9-17)21-13-24(30-16(21)2)26-25-23(32-33-26)7-6-22(31-25)18-12-19(27)15-29-14-18/h3-15,30H,27H2,1-2H3,(H,32,33)/b4-3-,20-5-. The molecule has 5 rings (SSSR count). The summed E-state index contributed by atoms with van der Waals surface area (Å²) in [6, 6.07) is 11.9. The van der Waals surface area contributed by atoms with E-state index in [0.717, 1.165) is 56.1 Å². The molecule has 0 atom stereocenters. The normalized spacial score (nSPS) is 12.1. The van der Waals surface area contributed by atoms with Gasteiger partial charge in [0.2, 0.25) is 0 Å². The van der Waals surface area contributed by atoms with Crippen LogP contribution in [0.3, 0.4) is 0 Å². The molecule has 0 saturated carbocycles. The van der Waals surface area contributed by atoms with E-state index in [1.165, 1.54) is 0 Å². The number of aromatic amines is 2. The predicted molar refractivity (Wildman–Crippen MR) is 132 cm³/mol. The third kappa shape index (κ3) is 3.92. The fourth-order valence-corrected chi connectivity index (χ4v) is 3.88. The molecule has 5 heterocycles. The maximum Gasteiger partial charge on any atom is 0.135 e. The van der Waals surface area contributed by atoms with Crippen molar-refractivity contribution in [1.82, 2.24) is 30.1 Å². The van der Waals surface area contributed by atoms with Gasteiger partial charge in [-0.1, -0.05) is 18.2 Å². The number of hydrogen-bond acceptors (Lipinski definition) is 5. The SMILES string of the molecule is C/C=C\C=C(\c1ccncc1)c1cc(-c2n[nH]c3ccc(-c4cncc(N)c4)nc23)[nH]c1C. The molecule has 4 N–H and O–H groups in total. The molecule has 5 aromatic heterocycles. The monoisotopic (exact) mass is 433 g/mol. The van der Waals surface area contributed by atoms with Crippen molar-refractivity contribution < 1.29 is 0 Å². The average molecular weight is 434 g/mol. The summed E-state index contributed by atoms with van der Waals surface area (Å²) in [4.78, 5) is 16.7. The Hall–Kier alpha value is -4.52. The molecule has 0 aliphatic carbocycles. The zero-order valence-electron chi connectivity index (χ0n) is 18.4. The summed E-state index contributed by atoms with van der Waals surface area (Å²) in [7, 11) is 0. The molecule has 7 heteroatoms. The van der Waals surface area contributed by atoms with E-state index >= 15 is 0 Å². The molecule has 0 radical (unpaired) electrons. The van der Waals surface area contributed by atoms with Gasteiger partial charge in [-0.3, -0.25) is 15.1 Å². The number of aryl methyl sites for hydroxylation is 1. The second kappa shape index (κ2) is 8.55. The first kappa shape index (κ1) is 20.4. The molecule has 33 heavy (non-hydrogen) atoms. The molecule has 162 valence electrons. The van der Waals surface area contributed by atoms with Crippen LogP contribution in [0.4, 0.5) is 5.69 Å². The highest BCUT2D eigenvalue weighted by Crippen LogP contribution is 2.33. The molecular formula is C26H23N7. The Labute approximate surface area is 191 Å². The number of nitrogen functional groups attached to an aromatic ring is 1. The lowest BCUT2D eigenvalue weighted by Gasteiger charge is -2.06. The van der Waals surface area contributed by atoms with Crippen molar-refractivity contribution in [3.05, 3.63) is 96.2 Å². The van der Waals surface area contributed by atoms with Crippen LogP contribution in [0.15, 0.2) is 79.4 Å². The van der Waals surface area contributed by atoms with Crippen molar-refractivity contribution in [1.29, 1.82) is 0 Å². The van der Waals surface area contributed by atoms with Crippen LogP contribution in [0.5, 0.6) is 0 Å². The van der Waals surface area contributed by atoms with E-state index in [-0.39, 0.29) is 0 Å². The van der Waals surface area contributed by atoms with Crippen molar-refractivity contribution in [3.63, 3.8) is 0 Å². The molecule has 0 aliphatic heterocycles. The van der Waals surface area contributed by atoms with Gasteiger partial charge in [0.25, 0.3) is 0 Å². The van der Waals surface area contributed by atoms with Crippen molar-refractivity contribution in [2.24, 2.45) is 0 Å². The van der Waals surface area contributed by atoms with Crippen LogP contribution in [0.2, 0.25) is 0 Å². The highest BCUT2D eigenvalue weighted by Gasteiger charge is 2.17. The van der Waals surface area contributed by atoms with Crippen molar-refractivity contribution >= 4 is 22.3 Å². The fourth-order valence-electron chi connectivity index (χ4n) is 3.88. The molecule has 0 bridgehead atoms. The quantitative estimate of drug-likeness (QED) is 0.326. The smallest absolute Gasteiger partial charge is 0.135 e. The van der Waals surface area contributed by atoms with Crippen molar-refractivity contribution in [2.75, 3.05) is 5.73 Å². The van der Waals surface area contributed by atoms with Crippen molar-refractivity contribution in [2.45, 2.75) is 13.8 Å². The summed E-state index contributed by atoms with van der Waals surface area (Å²) in [6.07, 6.45) is 13.2. The number of allylic oxidation sites excluding steroid dienone is 3. The number of pyridine rings is 3. The van der Waals surface area contributed by atoms with Gasteiger partial charge in [-0.15, -0.1) is 0 Å². The third-order valence-electron chi connectivity index (χ3n) is 5.47. The van der Waals surface area contributed by atoms with Gasteiger partial charge in [0.05, 0.1) is 22.6 Å². The number of nitrogens with two attached hydrogens (primary N) is 1. The Morgan fingerprint density at radius 2 is 1.88 bits per heavy atom. The van der Waals surface area contributed by atoms with E-state index in [1.54, 1.807) is 24.8 Å². The lowest BCUT2D eigenvalue weighted by atomic mass is 9.98. The highest BCUT2D eigenvalue weighted by molar-refractivity contribution is 5.92. The number of hydrogen-bond donors (Lipinski definition) is 3. The summed E-state index contributed by atoms with van der Waals surface area (Å²) in [5, 5.41) is 7.66. The Balaban J connectivity index is 1.61. The van der Waals surface area contributed by atoms with Crippen LogP contribution < -0.4 is 5.73 Å². The van der Waals surface area contributed by atoms with Crippen LogP contribution in [-0.2, 0) is 0 Å². The Kier molecular flexibility index (Phi) is 5.28. The molecule has 7 nitrogen and oxygen atoms in total. The predicted octanol–water partition coefficient (Wildman–Crippen LogP) is 5.31. The zero-order chi connectivity index (χ0) is 22.8. The van der Waals surface area contributed by atoms with Crippen molar-refractivity contribution in [3.8, 4) is 22.6 Å². The third-order valence-corrected chi connectivity index (χ3v) is 5.47. The van der Waals surface area contributed by atoms with Gasteiger partial charge in [-0.05, 0) is 61.4 Å². The number of anilines is 1. The second-order valence-corrected chi connectivity index (χ2v) is 7.74. The number of rotatable bonds is 5. The van der Waals surface area contributed by atoms with Gasteiger partial charge in [0.15, 0.2) is 0 Å². The van der Waals surface area contributed by atoms with E-state index in [9.17, 15) is 0 Å². The first-order valence-corrected chi connectivity index (χ1v) is 10.6.